The number of hydrogen-bond donors (Lipinski definition) is 1. The van der Waals surface area contributed by atoms with E-state index in [9.17, 15) is 8.42 Å². The maximum absolute atomic E-state index is 12.5. The molecule has 0 unspecified atom stereocenters. The summed E-state index contributed by atoms with van der Waals surface area (Å²) in [6.45, 7) is 2.65. The van der Waals surface area contributed by atoms with E-state index in [0.29, 0.717) is 18.1 Å². The van der Waals surface area contributed by atoms with Gasteiger partial charge in [-0.15, -0.1) is 0 Å². The van der Waals surface area contributed by atoms with Crippen LogP contribution in [0.2, 0.25) is 0 Å². The number of nitrogens with one attached hydrogen (secondary N) is 1. The Morgan fingerprint density at radius 3 is 2.19 bits per heavy atom. The van der Waals surface area contributed by atoms with Crippen molar-refractivity contribution in [1.29, 1.82) is 0 Å². The normalized spacial score (nSPS) is 11.1. The van der Waals surface area contributed by atoms with Crippen molar-refractivity contribution in [3.8, 4) is 17.2 Å². The molecule has 0 amide bonds. The molecule has 0 fully saturated rings. The molecule has 0 aliphatic carbocycles. The summed E-state index contributed by atoms with van der Waals surface area (Å²) in [7, 11) is -3.62. The van der Waals surface area contributed by atoms with E-state index in [2.05, 4.69) is 4.72 Å². The van der Waals surface area contributed by atoms with Crippen molar-refractivity contribution in [1.82, 2.24) is 4.72 Å². The van der Waals surface area contributed by atoms with Gasteiger partial charge in [0, 0.05) is 6.54 Å². The zero-order valence-electron chi connectivity index (χ0n) is 15.0. The Morgan fingerprint density at radius 1 is 0.815 bits per heavy atom. The lowest BCUT2D eigenvalue weighted by Gasteiger charge is -2.10. The molecule has 3 rings (SSSR count). The van der Waals surface area contributed by atoms with E-state index in [4.69, 9.17) is 9.47 Å². The summed E-state index contributed by atoms with van der Waals surface area (Å²) >= 11 is 0. The number of hydrogen-bond acceptors (Lipinski definition) is 4. The van der Waals surface area contributed by atoms with Crippen molar-refractivity contribution < 1.29 is 17.9 Å². The molecule has 1 N–H and O–H groups in total. The van der Waals surface area contributed by atoms with Gasteiger partial charge in [-0.3, -0.25) is 0 Å². The van der Waals surface area contributed by atoms with Gasteiger partial charge in [-0.1, -0.05) is 30.3 Å². The minimum Gasteiger partial charge on any atom is -0.494 e. The monoisotopic (exact) mass is 383 g/mol. The van der Waals surface area contributed by atoms with E-state index >= 15 is 0 Å². The summed E-state index contributed by atoms with van der Waals surface area (Å²) in [5.74, 6) is 1.99. The van der Waals surface area contributed by atoms with Crippen LogP contribution in [0.15, 0.2) is 83.8 Å². The third kappa shape index (κ3) is 5.32. The van der Waals surface area contributed by atoms with Gasteiger partial charge in [0.2, 0.25) is 10.0 Å². The van der Waals surface area contributed by atoms with Crippen molar-refractivity contribution in [2.24, 2.45) is 0 Å². The van der Waals surface area contributed by atoms with Crippen LogP contribution in [-0.2, 0) is 16.6 Å². The number of rotatable bonds is 8. The van der Waals surface area contributed by atoms with Crippen LogP contribution in [-0.4, -0.2) is 15.0 Å². The number of ether oxygens (including phenoxy) is 2. The molecule has 3 aromatic carbocycles. The molecule has 5 nitrogen and oxygen atoms in total. The fraction of sp³-hybridized carbons (Fsp3) is 0.143. The Hall–Kier alpha value is -2.83. The summed E-state index contributed by atoms with van der Waals surface area (Å²) in [4.78, 5) is 0.184. The van der Waals surface area contributed by atoms with Gasteiger partial charge < -0.3 is 9.47 Å². The van der Waals surface area contributed by atoms with Crippen LogP contribution >= 0.6 is 0 Å². The van der Waals surface area contributed by atoms with Crippen LogP contribution in [0.3, 0.4) is 0 Å². The van der Waals surface area contributed by atoms with Crippen molar-refractivity contribution in [3.63, 3.8) is 0 Å². The summed E-state index contributed by atoms with van der Waals surface area (Å²) in [6.07, 6.45) is 0. The molecule has 0 radical (unpaired) electrons. The smallest absolute Gasteiger partial charge is 0.240 e. The largest absolute Gasteiger partial charge is 0.494 e. The standard InChI is InChI=1S/C21H21NO4S/c1-2-25-20-10-6-7-17(15-20)16-22-27(23,24)21-13-11-19(12-14-21)26-18-8-4-3-5-9-18/h3-15,22H,2,16H2,1H3. The van der Waals surface area contributed by atoms with Crippen molar-refractivity contribution in [3.05, 3.63) is 84.4 Å². The molecule has 0 atom stereocenters. The molecule has 0 aliphatic rings. The predicted octanol–water partition coefficient (Wildman–Crippen LogP) is 4.36. The van der Waals surface area contributed by atoms with Crippen LogP contribution in [0.25, 0.3) is 0 Å². The minimum absolute atomic E-state index is 0.184. The molecule has 0 spiro atoms. The molecule has 0 saturated heterocycles. The highest BCUT2D eigenvalue weighted by molar-refractivity contribution is 7.89. The first-order valence-electron chi connectivity index (χ1n) is 8.61. The maximum atomic E-state index is 12.5. The Bertz CT molecular complexity index is 971. The molecule has 0 bridgehead atoms. The fourth-order valence-corrected chi connectivity index (χ4v) is 3.50. The maximum Gasteiger partial charge on any atom is 0.240 e. The van der Waals surface area contributed by atoms with Gasteiger partial charge in [-0.2, -0.15) is 0 Å². The van der Waals surface area contributed by atoms with E-state index in [1.54, 1.807) is 12.1 Å². The highest BCUT2D eigenvalue weighted by Crippen LogP contribution is 2.22. The van der Waals surface area contributed by atoms with Gasteiger partial charge in [0.05, 0.1) is 11.5 Å². The lowest BCUT2D eigenvalue weighted by atomic mass is 10.2. The summed E-state index contributed by atoms with van der Waals surface area (Å²) in [5.41, 5.74) is 0.827. The summed E-state index contributed by atoms with van der Waals surface area (Å²) in [5, 5.41) is 0. The number of sulfonamides is 1. The van der Waals surface area contributed by atoms with Gasteiger partial charge in [-0.25, -0.2) is 13.1 Å². The topological polar surface area (TPSA) is 64.6 Å². The van der Waals surface area contributed by atoms with Gasteiger partial charge in [0.15, 0.2) is 0 Å². The molecule has 0 aliphatic heterocycles. The zero-order valence-corrected chi connectivity index (χ0v) is 15.8. The quantitative estimate of drug-likeness (QED) is 0.628. The molecule has 0 aromatic heterocycles. The van der Waals surface area contributed by atoms with Crippen molar-refractivity contribution in [2.75, 3.05) is 6.61 Å². The van der Waals surface area contributed by atoms with Crippen LogP contribution in [0, 0.1) is 0 Å². The zero-order chi connectivity index (χ0) is 19.1. The van der Waals surface area contributed by atoms with Gasteiger partial charge in [0.1, 0.15) is 17.2 Å². The molecule has 3 aromatic rings. The second kappa shape index (κ2) is 8.70. The fourth-order valence-electron chi connectivity index (χ4n) is 2.49. The third-order valence-corrected chi connectivity index (χ3v) is 5.21. The van der Waals surface area contributed by atoms with E-state index in [0.717, 1.165) is 11.3 Å². The van der Waals surface area contributed by atoms with E-state index < -0.39 is 10.0 Å². The lowest BCUT2D eigenvalue weighted by Crippen LogP contribution is -2.23. The van der Waals surface area contributed by atoms with Crippen LogP contribution in [0.1, 0.15) is 12.5 Å². The molecule has 0 saturated carbocycles. The summed E-state index contributed by atoms with van der Waals surface area (Å²) in [6, 6.07) is 23.0. The third-order valence-electron chi connectivity index (χ3n) is 3.79. The Labute approximate surface area is 159 Å². The molecule has 140 valence electrons. The van der Waals surface area contributed by atoms with Crippen LogP contribution in [0.5, 0.6) is 17.2 Å². The van der Waals surface area contributed by atoms with Gasteiger partial charge in [0.25, 0.3) is 0 Å². The first-order valence-corrected chi connectivity index (χ1v) is 10.1. The van der Waals surface area contributed by atoms with Gasteiger partial charge >= 0.3 is 0 Å². The Kier molecular flexibility index (Phi) is 6.11. The molecule has 27 heavy (non-hydrogen) atoms. The first kappa shape index (κ1) is 18.9. The number of para-hydroxylation sites is 1. The highest BCUT2D eigenvalue weighted by atomic mass is 32.2. The summed E-state index contributed by atoms with van der Waals surface area (Å²) < 4.78 is 38.7. The van der Waals surface area contributed by atoms with Crippen LogP contribution in [0.4, 0.5) is 0 Å². The second-order valence-electron chi connectivity index (χ2n) is 5.79. The van der Waals surface area contributed by atoms with E-state index in [1.165, 1.54) is 12.1 Å². The first-order chi connectivity index (χ1) is 13.1. The SMILES string of the molecule is CCOc1cccc(CNS(=O)(=O)c2ccc(Oc3ccccc3)cc2)c1. The minimum atomic E-state index is -3.62. The predicted molar refractivity (Wildman–Crippen MR) is 105 cm³/mol. The highest BCUT2D eigenvalue weighted by Gasteiger charge is 2.14. The molecular formula is C21H21NO4S. The van der Waals surface area contributed by atoms with Crippen LogP contribution < -0.4 is 14.2 Å². The Balaban J connectivity index is 1.65. The average Bonchev–Trinajstić information content (AvgIpc) is 2.68. The van der Waals surface area contributed by atoms with E-state index in [-0.39, 0.29) is 11.4 Å². The second-order valence-corrected chi connectivity index (χ2v) is 7.56. The lowest BCUT2D eigenvalue weighted by molar-refractivity contribution is 0.340. The van der Waals surface area contributed by atoms with Gasteiger partial charge in [-0.05, 0) is 61.0 Å². The van der Waals surface area contributed by atoms with Crippen molar-refractivity contribution in [2.45, 2.75) is 18.4 Å². The molecule has 0 heterocycles. The molecular weight excluding hydrogens is 362 g/mol. The van der Waals surface area contributed by atoms with E-state index in [1.807, 2.05) is 61.5 Å². The average molecular weight is 383 g/mol. The molecule has 6 heteroatoms. The Morgan fingerprint density at radius 2 is 1.48 bits per heavy atom. The van der Waals surface area contributed by atoms with Crippen molar-refractivity contribution >= 4 is 10.0 Å². The number of benzene rings is 3.